The minimum Gasteiger partial charge on any atom is -0.448 e. The third-order valence-electron chi connectivity index (χ3n) is 5.82. The monoisotopic (exact) mass is 526 g/mol. The fourth-order valence-corrected chi connectivity index (χ4v) is 7.04. The number of benzene rings is 2. The molecule has 3 heterocycles. The fraction of sp³-hybridized carbons (Fsp3) is 0.250. The van der Waals surface area contributed by atoms with Crippen LogP contribution in [-0.2, 0) is 19.1 Å². The van der Waals surface area contributed by atoms with Crippen molar-refractivity contribution in [2.45, 2.75) is 21.5 Å². The van der Waals surface area contributed by atoms with E-state index in [2.05, 4.69) is 10.2 Å². The Balaban J connectivity index is 1.49. The number of nitrogens with zero attached hydrogens (tertiary/aromatic N) is 3. The molecule has 0 spiro atoms. The number of carbonyl (C=O) groups is 2. The lowest BCUT2D eigenvalue weighted by molar-refractivity contribution is -0.183. The van der Waals surface area contributed by atoms with Crippen LogP contribution in [-0.4, -0.2) is 56.7 Å². The standard InChI is InChI=1S/C24H22N4O4S3/c1-31-24(25)21(30)28-18(17(12-33-22(24)28)13-34-23-27-26-14-35-23)20(29)32-19(15-8-4-2-5-9-15)16-10-6-3-7-11-16/h2-11,14,19,22H,12-13,25H2,1H3/t22-,24-/m0/s1. The van der Waals surface area contributed by atoms with Crippen LogP contribution in [0.15, 0.2) is 81.8 Å². The summed E-state index contributed by atoms with van der Waals surface area (Å²) in [7, 11) is 1.40. The second kappa shape index (κ2) is 10.1. The summed E-state index contributed by atoms with van der Waals surface area (Å²) in [5.41, 5.74) is 9.07. The fourth-order valence-electron chi connectivity index (χ4n) is 4.02. The molecule has 1 fully saturated rings. The number of hydrogen-bond donors (Lipinski definition) is 1. The van der Waals surface area contributed by atoms with Crippen molar-refractivity contribution in [2.24, 2.45) is 5.73 Å². The lowest BCUT2D eigenvalue weighted by Gasteiger charge is -2.54. The first-order valence-corrected chi connectivity index (χ1v) is 13.7. The largest absolute Gasteiger partial charge is 0.448 e. The first-order chi connectivity index (χ1) is 17.0. The van der Waals surface area contributed by atoms with Crippen LogP contribution < -0.4 is 5.73 Å². The van der Waals surface area contributed by atoms with Gasteiger partial charge in [0.1, 0.15) is 16.6 Å². The van der Waals surface area contributed by atoms with Gasteiger partial charge in [-0.25, -0.2) is 4.79 Å². The molecular formula is C24H22N4O4S3. The van der Waals surface area contributed by atoms with Gasteiger partial charge < -0.3 is 9.47 Å². The molecule has 11 heteroatoms. The average Bonchev–Trinajstić information content (AvgIpc) is 3.44. The third-order valence-corrected chi connectivity index (χ3v) is 9.15. The predicted octanol–water partition coefficient (Wildman–Crippen LogP) is 3.43. The molecule has 2 N–H and O–H groups in total. The number of hydrogen-bond acceptors (Lipinski definition) is 10. The number of carbonyl (C=O) groups excluding carboxylic acids is 2. The van der Waals surface area contributed by atoms with Gasteiger partial charge in [-0.2, -0.15) is 0 Å². The summed E-state index contributed by atoms with van der Waals surface area (Å²) in [5.74, 6) is -0.0606. The first kappa shape index (κ1) is 24.0. The van der Waals surface area contributed by atoms with E-state index >= 15 is 0 Å². The molecular weight excluding hydrogens is 504 g/mol. The Kier molecular flexibility index (Phi) is 6.94. The SMILES string of the molecule is CO[C@@]1(N)C(=O)N2C(C(=O)OC(c3ccccc3)c3ccccc3)=C(CSc3nncs3)CS[C@H]21. The van der Waals surface area contributed by atoms with Gasteiger partial charge in [-0.15, -0.1) is 22.0 Å². The maximum absolute atomic E-state index is 13.8. The molecule has 35 heavy (non-hydrogen) atoms. The van der Waals surface area contributed by atoms with Gasteiger partial charge in [-0.1, -0.05) is 83.8 Å². The highest BCUT2D eigenvalue weighted by Gasteiger charge is 2.63. The summed E-state index contributed by atoms with van der Waals surface area (Å²) in [5, 5.41) is 7.42. The van der Waals surface area contributed by atoms with Crippen molar-refractivity contribution in [3.63, 3.8) is 0 Å². The number of esters is 1. The van der Waals surface area contributed by atoms with Crippen LogP contribution in [0.5, 0.6) is 0 Å². The van der Waals surface area contributed by atoms with Gasteiger partial charge in [0.15, 0.2) is 10.4 Å². The molecule has 2 aromatic carbocycles. The van der Waals surface area contributed by atoms with E-state index in [1.54, 1.807) is 5.51 Å². The Hall–Kier alpha value is -2.70. The maximum atomic E-state index is 13.8. The Labute approximate surface area is 214 Å². The lowest BCUT2D eigenvalue weighted by atomic mass is 9.99. The molecule has 2 aliphatic heterocycles. The van der Waals surface area contributed by atoms with Gasteiger partial charge in [0, 0.05) is 18.6 Å². The van der Waals surface area contributed by atoms with E-state index in [0.717, 1.165) is 21.0 Å². The van der Waals surface area contributed by atoms with E-state index in [0.29, 0.717) is 11.5 Å². The molecule has 0 unspecified atom stereocenters. The number of β-lactam (4-membered cyclic amide) rings is 1. The Bertz CT molecular complexity index is 1200. The van der Waals surface area contributed by atoms with Crippen molar-refractivity contribution in [3.05, 3.63) is 88.6 Å². The number of nitrogens with two attached hydrogens (primary N) is 1. The normalized spacial score (nSPS) is 21.6. The highest BCUT2D eigenvalue weighted by molar-refractivity contribution is 8.01. The molecule has 180 valence electrons. The van der Waals surface area contributed by atoms with Gasteiger partial charge >= 0.3 is 5.97 Å². The van der Waals surface area contributed by atoms with E-state index in [9.17, 15) is 9.59 Å². The molecule has 8 nitrogen and oxygen atoms in total. The number of amides is 1. The van der Waals surface area contributed by atoms with E-state index in [1.165, 1.54) is 46.9 Å². The van der Waals surface area contributed by atoms with Crippen molar-refractivity contribution >= 4 is 46.7 Å². The molecule has 5 rings (SSSR count). The summed E-state index contributed by atoms with van der Waals surface area (Å²) < 4.78 is 12.2. The topological polar surface area (TPSA) is 108 Å². The maximum Gasteiger partial charge on any atom is 0.356 e. The highest BCUT2D eigenvalue weighted by atomic mass is 32.2. The highest BCUT2D eigenvalue weighted by Crippen LogP contribution is 2.46. The van der Waals surface area contributed by atoms with Crippen LogP contribution in [0.2, 0.25) is 0 Å². The summed E-state index contributed by atoms with van der Waals surface area (Å²) in [4.78, 5) is 28.2. The summed E-state index contributed by atoms with van der Waals surface area (Å²) in [6, 6.07) is 19.1. The van der Waals surface area contributed by atoms with Crippen LogP contribution in [0.3, 0.4) is 0 Å². The average molecular weight is 527 g/mol. The summed E-state index contributed by atoms with van der Waals surface area (Å²) in [6.07, 6.45) is -0.635. The van der Waals surface area contributed by atoms with Gasteiger partial charge in [-0.3, -0.25) is 15.4 Å². The van der Waals surface area contributed by atoms with E-state index in [4.69, 9.17) is 15.2 Å². The van der Waals surface area contributed by atoms with Crippen LogP contribution in [0.25, 0.3) is 0 Å². The van der Waals surface area contributed by atoms with Crippen molar-refractivity contribution in [1.29, 1.82) is 0 Å². The zero-order valence-corrected chi connectivity index (χ0v) is 21.1. The third kappa shape index (κ3) is 4.50. The number of methoxy groups -OCH3 is 1. The minimum atomic E-state index is -1.47. The van der Waals surface area contributed by atoms with Gasteiger partial charge in [0.05, 0.1) is 0 Å². The Morgan fingerprint density at radius 1 is 1.20 bits per heavy atom. The van der Waals surface area contributed by atoms with Crippen LogP contribution in [0.4, 0.5) is 0 Å². The second-order valence-electron chi connectivity index (χ2n) is 7.89. The predicted molar refractivity (Wildman–Crippen MR) is 135 cm³/mol. The van der Waals surface area contributed by atoms with E-state index in [-0.39, 0.29) is 5.70 Å². The van der Waals surface area contributed by atoms with Crippen LogP contribution >= 0.6 is 34.9 Å². The van der Waals surface area contributed by atoms with Crippen molar-refractivity contribution in [1.82, 2.24) is 15.1 Å². The van der Waals surface area contributed by atoms with E-state index < -0.39 is 29.1 Å². The minimum absolute atomic E-state index is 0.228. The smallest absolute Gasteiger partial charge is 0.356 e. The molecule has 2 atom stereocenters. The summed E-state index contributed by atoms with van der Waals surface area (Å²) in [6.45, 7) is 0. The number of rotatable bonds is 8. The molecule has 2 aliphatic rings. The molecule has 1 aromatic heterocycles. The molecule has 1 amide bonds. The molecule has 0 aliphatic carbocycles. The molecule has 3 aromatic rings. The number of thioether (sulfide) groups is 2. The second-order valence-corrected chi connectivity index (χ2v) is 11.0. The van der Waals surface area contributed by atoms with Gasteiger partial charge in [0.25, 0.3) is 5.91 Å². The Morgan fingerprint density at radius 3 is 2.43 bits per heavy atom. The van der Waals surface area contributed by atoms with Gasteiger partial charge in [-0.05, 0) is 16.7 Å². The molecule has 0 radical (unpaired) electrons. The number of fused-ring (bicyclic) bond motifs is 1. The molecule has 1 saturated heterocycles. The Morgan fingerprint density at radius 2 is 1.86 bits per heavy atom. The quantitative estimate of drug-likeness (QED) is 0.204. The van der Waals surface area contributed by atoms with Gasteiger partial charge in [0.2, 0.25) is 5.72 Å². The number of aromatic nitrogens is 2. The van der Waals surface area contributed by atoms with Crippen LogP contribution in [0.1, 0.15) is 17.2 Å². The summed E-state index contributed by atoms with van der Waals surface area (Å²) >= 11 is 4.36. The molecule has 0 saturated carbocycles. The molecule has 0 bridgehead atoms. The van der Waals surface area contributed by atoms with Crippen LogP contribution in [0, 0.1) is 0 Å². The zero-order valence-electron chi connectivity index (χ0n) is 18.7. The van der Waals surface area contributed by atoms with Crippen molar-refractivity contribution in [2.75, 3.05) is 18.6 Å². The van der Waals surface area contributed by atoms with Crippen molar-refractivity contribution in [3.8, 4) is 0 Å². The van der Waals surface area contributed by atoms with E-state index in [1.807, 2.05) is 60.7 Å². The first-order valence-electron chi connectivity index (χ1n) is 10.7. The number of ether oxygens (including phenoxy) is 2. The van der Waals surface area contributed by atoms with Crippen molar-refractivity contribution < 1.29 is 19.1 Å². The zero-order chi connectivity index (χ0) is 24.4. The lowest BCUT2D eigenvalue weighted by Crippen LogP contribution is -2.78.